The van der Waals surface area contributed by atoms with E-state index in [0.29, 0.717) is 6.04 Å². The van der Waals surface area contributed by atoms with E-state index in [-0.39, 0.29) is 18.3 Å². The van der Waals surface area contributed by atoms with Crippen molar-refractivity contribution in [2.24, 2.45) is 0 Å². The number of hydrogen-bond acceptors (Lipinski definition) is 3. The van der Waals surface area contributed by atoms with E-state index in [1.165, 1.54) is 0 Å². The van der Waals surface area contributed by atoms with Gasteiger partial charge in [-0.1, -0.05) is 13.8 Å². The molecule has 0 bridgehead atoms. The van der Waals surface area contributed by atoms with Crippen molar-refractivity contribution in [2.75, 3.05) is 0 Å². The Morgan fingerprint density at radius 3 is 2.16 bits per heavy atom. The standard InChI is InChI=1S/C14H25BN2O2/c1-7-12(8-2)17-10-11(9-16-17)15-18-13(3,4)14(5,6)19-15/h9-10,12H,7-8H2,1-6H3. The topological polar surface area (TPSA) is 36.3 Å². The highest BCUT2D eigenvalue weighted by molar-refractivity contribution is 6.61. The van der Waals surface area contributed by atoms with Crippen LogP contribution in [0.4, 0.5) is 0 Å². The second-order valence-corrected chi connectivity index (χ2v) is 6.31. The first-order valence-corrected chi connectivity index (χ1v) is 7.20. The molecule has 1 aromatic rings. The maximum atomic E-state index is 6.03. The molecular weight excluding hydrogens is 239 g/mol. The maximum absolute atomic E-state index is 6.03. The van der Waals surface area contributed by atoms with Crippen LogP contribution in [-0.4, -0.2) is 28.1 Å². The minimum absolute atomic E-state index is 0.297. The van der Waals surface area contributed by atoms with Gasteiger partial charge in [-0.2, -0.15) is 5.10 Å². The van der Waals surface area contributed by atoms with E-state index in [2.05, 4.69) is 52.8 Å². The normalized spacial score (nSPS) is 21.3. The minimum Gasteiger partial charge on any atom is -0.399 e. The zero-order valence-electron chi connectivity index (χ0n) is 12.9. The van der Waals surface area contributed by atoms with Crippen molar-refractivity contribution in [3.05, 3.63) is 12.4 Å². The Labute approximate surface area is 116 Å². The third kappa shape index (κ3) is 2.58. The molecule has 19 heavy (non-hydrogen) atoms. The number of nitrogens with zero attached hydrogens (tertiary/aromatic N) is 2. The van der Waals surface area contributed by atoms with Gasteiger partial charge in [0, 0.05) is 17.9 Å². The third-order valence-corrected chi connectivity index (χ3v) is 4.46. The summed E-state index contributed by atoms with van der Waals surface area (Å²) in [6.45, 7) is 12.6. The Balaban J connectivity index is 2.17. The quantitative estimate of drug-likeness (QED) is 0.784. The number of hydrogen-bond donors (Lipinski definition) is 0. The van der Waals surface area contributed by atoms with Gasteiger partial charge in [0.25, 0.3) is 0 Å². The van der Waals surface area contributed by atoms with Crippen LogP contribution in [0.25, 0.3) is 0 Å². The van der Waals surface area contributed by atoms with Crippen LogP contribution in [0, 0.1) is 0 Å². The van der Waals surface area contributed by atoms with Crippen LogP contribution in [0.15, 0.2) is 12.4 Å². The Kier molecular flexibility index (Phi) is 3.80. The van der Waals surface area contributed by atoms with Gasteiger partial charge in [-0.25, -0.2) is 0 Å². The summed E-state index contributed by atoms with van der Waals surface area (Å²) in [7, 11) is -0.312. The van der Waals surface area contributed by atoms with Gasteiger partial charge in [-0.15, -0.1) is 0 Å². The number of rotatable bonds is 4. The highest BCUT2D eigenvalue weighted by atomic mass is 16.7. The van der Waals surface area contributed by atoms with Gasteiger partial charge in [0.2, 0.25) is 0 Å². The fourth-order valence-electron chi connectivity index (χ4n) is 2.32. The second kappa shape index (κ2) is 4.95. The molecule has 0 N–H and O–H groups in total. The van der Waals surface area contributed by atoms with E-state index in [1.54, 1.807) is 0 Å². The van der Waals surface area contributed by atoms with E-state index in [0.717, 1.165) is 18.3 Å². The highest BCUT2D eigenvalue weighted by Gasteiger charge is 2.52. The first-order chi connectivity index (χ1) is 8.80. The minimum atomic E-state index is -0.312. The predicted octanol–water partition coefficient (Wildman–Crippen LogP) is 2.54. The molecule has 5 heteroatoms. The smallest absolute Gasteiger partial charge is 0.399 e. The summed E-state index contributed by atoms with van der Waals surface area (Å²) in [5.41, 5.74) is 0.411. The van der Waals surface area contributed by atoms with Crippen LogP contribution >= 0.6 is 0 Å². The van der Waals surface area contributed by atoms with Gasteiger partial charge in [0.15, 0.2) is 0 Å². The summed E-state index contributed by atoms with van der Waals surface area (Å²) in [5, 5.41) is 4.45. The molecule has 2 heterocycles. The lowest BCUT2D eigenvalue weighted by atomic mass is 9.82. The van der Waals surface area contributed by atoms with E-state index in [1.807, 2.05) is 10.9 Å². The molecule has 106 valence electrons. The molecule has 1 aliphatic heterocycles. The monoisotopic (exact) mass is 264 g/mol. The lowest BCUT2D eigenvalue weighted by Crippen LogP contribution is -2.41. The van der Waals surface area contributed by atoms with Crippen LogP contribution < -0.4 is 5.46 Å². The first-order valence-electron chi connectivity index (χ1n) is 7.20. The van der Waals surface area contributed by atoms with Crippen LogP contribution in [0.3, 0.4) is 0 Å². The van der Waals surface area contributed by atoms with Gasteiger partial charge >= 0.3 is 7.12 Å². The Morgan fingerprint density at radius 1 is 1.16 bits per heavy atom. The summed E-state index contributed by atoms with van der Waals surface area (Å²) in [6, 6.07) is 0.455. The number of aromatic nitrogens is 2. The van der Waals surface area contributed by atoms with Crippen molar-refractivity contribution in [3.63, 3.8) is 0 Å². The Morgan fingerprint density at radius 2 is 1.68 bits per heavy atom. The van der Waals surface area contributed by atoms with Crippen LogP contribution in [-0.2, 0) is 9.31 Å². The first kappa shape index (κ1) is 14.6. The molecular formula is C14H25BN2O2. The van der Waals surface area contributed by atoms with Crippen molar-refractivity contribution in [2.45, 2.75) is 71.6 Å². The molecule has 1 saturated heterocycles. The molecule has 0 saturated carbocycles. The molecule has 0 aromatic carbocycles. The molecule has 2 rings (SSSR count). The molecule has 1 fully saturated rings. The molecule has 0 atom stereocenters. The van der Waals surface area contributed by atoms with Gasteiger partial charge < -0.3 is 9.31 Å². The van der Waals surface area contributed by atoms with Crippen molar-refractivity contribution in [1.29, 1.82) is 0 Å². The van der Waals surface area contributed by atoms with Crippen molar-refractivity contribution in [1.82, 2.24) is 9.78 Å². The van der Waals surface area contributed by atoms with Crippen molar-refractivity contribution >= 4 is 12.6 Å². The van der Waals surface area contributed by atoms with Gasteiger partial charge in [-0.3, -0.25) is 4.68 Å². The van der Waals surface area contributed by atoms with Crippen molar-refractivity contribution in [3.8, 4) is 0 Å². The lowest BCUT2D eigenvalue weighted by molar-refractivity contribution is 0.00578. The molecule has 0 radical (unpaired) electrons. The molecule has 4 nitrogen and oxygen atoms in total. The van der Waals surface area contributed by atoms with Crippen LogP contribution in [0.1, 0.15) is 60.4 Å². The summed E-state index contributed by atoms with van der Waals surface area (Å²) in [5.74, 6) is 0. The van der Waals surface area contributed by atoms with E-state index in [4.69, 9.17) is 9.31 Å². The van der Waals surface area contributed by atoms with Crippen molar-refractivity contribution < 1.29 is 9.31 Å². The summed E-state index contributed by atoms with van der Waals surface area (Å²) < 4.78 is 14.1. The van der Waals surface area contributed by atoms with Crippen LogP contribution in [0.5, 0.6) is 0 Å². The Hall–Kier alpha value is -0.805. The SMILES string of the molecule is CCC(CC)n1cc(B2OC(C)(C)C(C)(C)O2)cn1. The largest absolute Gasteiger partial charge is 0.498 e. The van der Waals surface area contributed by atoms with E-state index < -0.39 is 0 Å². The zero-order valence-corrected chi connectivity index (χ0v) is 12.9. The summed E-state index contributed by atoms with van der Waals surface area (Å²) in [6.07, 6.45) is 6.09. The van der Waals surface area contributed by atoms with Gasteiger partial charge in [0.05, 0.1) is 17.2 Å². The predicted molar refractivity (Wildman–Crippen MR) is 77.6 cm³/mol. The second-order valence-electron chi connectivity index (χ2n) is 6.31. The molecule has 0 spiro atoms. The molecule has 0 amide bonds. The van der Waals surface area contributed by atoms with Gasteiger partial charge in [0.1, 0.15) is 0 Å². The molecule has 0 unspecified atom stereocenters. The highest BCUT2D eigenvalue weighted by Crippen LogP contribution is 2.36. The summed E-state index contributed by atoms with van der Waals surface area (Å²) >= 11 is 0. The fourth-order valence-corrected chi connectivity index (χ4v) is 2.32. The third-order valence-electron chi connectivity index (χ3n) is 4.46. The fraction of sp³-hybridized carbons (Fsp3) is 0.786. The molecule has 1 aromatic heterocycles. The maximum Gasteiger partial charge on any atom is 0.498 e. The average Bonchev–Trinajstić information content (AvgIpc) is 2.85. The summed E-state index contributed by atoms with van der Waals surface area (Å²) in [4.78, 5) is 0. The van der Waals surface area contributed by atoms with Gasteiger partial charge in [-0.05, 0) is 40.5 Å². The Bertz CT molecular complexity index is 422. The molecule has 0 aliphatic carbocycles. The van der Waals surface area contributed by atoms with E-state index >= 15 is 0 Å². The van der Waals surface area contributed by atoms with Crippen LogP contribution in [0.2, 0.25) is 0 Å². The van der Waals surface area contributed by atoms with E-state index in [9.17, 15) is 0 Å². The molecule has 1 aliphatic rings. The lowest BCUT2D eigenvalue weighted by Gasteiger charge is -2.32. The average molecular weight is 264 g/mol. The zero-order chi connectivity index (χ0) is 14.3.